The molecule has 72 valence electrons. The number of aryl methyl sites for hydroxylation is 1. The highest BCUT2D eigenvalue weighted by molar-refractivity contribution is 5.75. The largest absolute Gasteiger partial charge is 0.350 e. The minimum Gasteiger partial charge on any atom is -0.350 e. The van der Waals surface area contributed by atoms with Crippen molar-refractivity contribution in [1.29, 1.82) is 0 Å². The lowest BCUT2D eigenvalue weighted by molar-refractivity contribution is -0.120. The molecule has 0 bridgehead atoms. The number of nitrogens with zero attached hydrogens (tertiary/aromatic N) is 3. The molecular formula is C8H14N4O. The second-order valence-electron chi connectivity index (χ2n) is 2.70. The molecule has 0 aliphatic rings. The second-order valence-corrected chi connectivity index (χ2v) is 2.70. The van der Waals surface area contributed by atoms with E-state index in [9.17, 15) is 4.79 Å². The number of hydrogen-bond donors (Lipinski definition) is 1. The molecule has 1 N–H and O–H groups in total. The van der Waals surface area contributed by atoms with Gasteiger partial charge in [0.05, 0.1) is 12.7 Å². The number of rotatable bonds is 4. The minimum atomic E-state index is 0.0334. The summed E-state index contributed by atoms with van der Waals surface area (Å²) in [5.41, 5.74) is 0.795. The van der Waals surface area contributed by atoms with Crippen molar-refractivity contribution in [3.05, 3.63) is 11.9 Å². The Balaban J connectivity index is 2.41. The van der Waals surface area contributed by atoms with Crippen LogP contribution in [0.5, 0.6) is 0 Å². The number of nitrogens with one attached hydrogen (secondary N) is 1. The Kier molecular flexibility index (Phi) is 3.42. The quantitative estimate of drug-likeness (QED) is 0.729. The van der Waals surface area contributed by atoms with Crippen LogP contribution in [0.15, 0.2) is 6.20 Å². The van der Waals surface area contributed by atoms with Crippen molar-refractivity contribution in [1.82, 2.24) is 20.3 Å². The molecule has 1 aromatic heterocycles. The molecule has 0 aliphatic heterocycles. The van der Waals surface area contributed by atoms with E-state index in [0.717, 1.165) is 12.2 Å². The van der Waals surface area contributed by atoms with Crippen LogP contribution in [0.4, 0.5) is 0 Å². The van der Waals surface area contributed by atoms with Crippen LogP contribution < -0.4 is 5.32 Å². The Morgan fingerprint density at radius 3 is 2.92 bits per heavy atom. The standard InChI is InChI=1S/C8H14N4O/c1-3-8(13)9-5-7-6-12(4-2)11-10-7/h6H,3-5H2,1-2H3,(H,9,13). The van der Waals surface area contributed by atoms with Crippen molar-refractivity contribution in [3.8, 4) is 0 Å². The molecular weight excluding hydrogens is 168 g/mol. The van der Waals surface area contributed by atoms with Crippen LogP contribution in [-0.2, 0) is 17.9 Å². The topological polar surface area (TPSA) is 59.8 Å². The predicted molar refractivity (Wildman–Crippen MR) is 47.8 cm³/mol. The van der Waals surface area contributed by atoms with E-state index in [1.807, 2.05) is 20.0 Å². The molecule has 0 aliphatic carbocycles. The van der Waals surface area contributed by atoms with Crippen LogP contribution in [0.25, 0.3) is 0 Å². The van der Waals surface area contributed by atoms with Crippen molar-refractivity contribution < 1.29 is 4.79 Å². The SMILES string of the molecule is CCC(=O)NCc1cn(CC)nn1. The Morgan fingerprint density at radius 1 is 1.62 bits per heavy atom. The molecule has 5 heteroatoms. The lowest BCUT2D eigenvalue weighted by Crippen LogP contribution is -2.21. The molecule has 0 spiro atoms. The van der Waals surface area contributed by atoms with Gasteiger partial charge >= 0.3 is 0 Å². The summed E-state index contributed by atoms with van der Waals surface area (Å²) in [5, 5.41) is 10.5. The Bertz CT molecular complexity index is 281. The second kappa shape index (κ2) is 4.59. The Hall–Kier alpha value is -1.39. The van der Waals surface area contributed by atoms with Crippen LogP contribution in [0.2, 0.25) is 0 Å². The first-order valence-corrected chi connectivity index (χ1v) is 4.42. The van der Waals surface area contributed by atoms with Gasteiger partial charge in [0, 0.05) is 13.0 Å². The number of hydrogen-bond acceptors (Lipinski definition) is 3. The molecule has 5 nitrogen and oxygen atoms in total. The fourth-order valence-corrected chi connectivity index (χ4v) is 0.888. The van der Waals surface area contributed by atoms with Gasteiger partial charge in [0.25, 0.3) is 0 Å². The van der Waals surface area contributed by atoms with Crippen molar-refractivity contribution in [2.45, 2.75) is 33.4 Å². The highest BCUT2D eigenvalue weighted by Gasteiger charge is 2.00. The molecule has 0 radical (unpaired) electrons. The minimum absolute atomic E-state index is 0.0334. The van der Waals surface area contributed by atoms with Gasteiger partial charge in [0.1, 0.15) is 5.69 Å². The van der Waals surface area contributed by atoms with E-state index in [1.54, 1.807) is 4.68 Å². The van der Waals surface area contributed by atoms with Gasteiger partial charge < -0.3 is 5.32 Å². The van der Waals surface area contributed by atoms with Gasteiger partial charge in [-0.05, 0) is 6.92 Å². The summed E-state index contributed by atoms with van der Waals surface area (Å²) in [6, 6.07) is 0. The Labute approximate surface area is 77.1 Å². The van der Waals surface area contributed by atoms with E-state index in [2.05, 4.69) is 15.6 Å². The normalized spacial score (nSPS) is 10.0. The van der Waals surface area contributed by atoms with Crippen LogP contribution >= 0.6 is 0 Å². The zero-order valence-corrected chi connectivity index (χ0v) is 7.95. The number of carbonyl (C=O) groups is 1. The lowest BCUT2D eigenvalue weighted by atomic mass is 10.4. The molecule has 0 saturated carbocycles. The number of carbonyl (C=O) groups excluding carboxylic acids is 1. The van der Waals surface area contributed by atoms with Gasteiger partial charge in [0.2, 0.25) is 5.91 Å². The molecule has 1 aromatic rings. The van der Waals surface area contributed by atoms with Crippen molar-refractivity contribution >= 4 is 5.91 Å². The van der Waals surface area contributed by atoms with E-state index >= 15 is 0 Å². The van der Waals surface area contributed by atoms with Gasteiger partial charge in [0.15, 0.2) is 0 Å². The van der Waals surface area contributed by atoms with E-state index in [4.69, 9.17) is 0 Å². The summed E-state index contributed by atoms with van der Waals surface area (Å²) in [7, 11) is 0. The molecule has 1 amide bonds. The van der Waals surface area contributed by atoms with Crippen molar-refractivity contribution in [2.75, 3.05) is 0 Å². The zero-order valence-electron chi connectivity index (χ0n) is 7.95. The summed E-state index contributed by atoms with van der Waals surface area (Å²) >= 11 is 0. The van der Waals surface area contributed by atoms with Crippen LogP contribution in [0.3, 0.4) is 0 Å². The first-order chi connectivity index (χ1) is 6.26. The van der Waals surface area contributed by atoms with Crippen molar-refractivity contribution in [2.24, 2.45) is 0 Å². The monoisotopic (exact) mass is 182 g/mol. The first kappa shape index (κ1) is 9.70. The summed E-state index contributed by atoms with van der Waals surface area (Å²) in [4.78, 5) is 10.9. The average Bonchev–Trinajstić information content (AvgIpc) is 2.61. The maximum Gasteiger partial charge on any atom is 0.220 e. The van der Waals surface area contributed by atoms with Gasteiger partial charge in [-0.3, -0.25) is 9.48 Å². The van der Waals surface area contributed by atoms with E-state index in [1.165, 1.54) is 0 Å². The number of amides is 1. The van der Waals surface area contributed by atoms with Crippen LogP contribution in [-0.4, -0.2) is 20.9 Å². The molecule has 0 saturated heterocycles. The molecule has 0 aromatic carbocycles. The predicted octanol–water partition coefficient (Wildman–Crippen LogP) is 0.324. The third-order valence-electron chi connectivity index (χ3n) is 1.70. The fraction of sp³-hybridized carbons (Fsp3) is 0.625. The first-order valence-electron chi connectivity index (χ1n) is 4.42. The number of aromatic nitrogens is 3. The summed E-state index contributed by atoms with van der Waals surface area (Å²) in [6.07, 6.45) is 2.33. The van der Waals surface area contributed by atoms with Crippen LogP contribution in [0, 0.1) is 0 Å². The summed E-state index contributed by atoms with van der Waals surface area (Å²) in [6.45, 7) is 5.07. The molecule has 0 fully saturated rings. The van der Waals surface area contributed by atoms with Crippen molar-refractivity contribution in [3.63, 3.8) is 0 Å². The maximum atomic E-state index is 10.9. The van der Waals surface area contributed by atoms with Gasteiger partial charge in [-0.25, -0.2) is 0 Å². The van der Waals surface area contributed by atoms with E-state index < -0.39 is 0 Å². The molecule has 0 unspecified atom stereocenters. The third kappa shape index (κ3) is 2.85. The summed E-state index contributed by atoms with van der Waals surface area (Å²) in [5.74, 6) is 0.0334. The Morgan fingerprint density at radius 2 is 2.38 bits per heavy atom. The molecule has 1 rings (SSSR count). The third-order valence-corrected chi connectivity index (χ3v) is 1.70. The van der Waals surface area contributed by atoms with Gasteiger partial charge in [-0.1, -0.05) is 12.1 Å². The lowest BCUT2D eigenvalue weighted by Gasteiger charge is -1.98. The zero-order chi connectivity index (χ0) is 9.68. The maximum absolute atomic E-state index is 10.9. The van der Waals surface area contributed by atoms with Crippen LogP contribution in [0.1, 0.15) is 26.0 Å². The smallest absolute Gasteiger partial charge is 0.220 e. The average molecular weight is 182 g/mol. The summed E-state index contributed by atoms with van der Waals surface area (Å²) < 4.78 is 1.73. The molecule has 1 heterocycles. The van der Waals surface area contributed by atoms with Gasteiger partial charge in [-0.2, -0.15) is 0 Å². The highest BCUT2D eigenvalue weighted by atomic mass is 16.1. The molecule has 13 heavy (non-hydrogen) atoms. The molecule has 0 atom stereocenters. The van der Waals surface area contributed by atoms with Gasteiger partial charge in [-0.15, -0.1) is 5.10 Å². The van der Waals surface area contributed by atoms with E-state index in [0.29, 0.717) is 13.0 Å². The van der Waals surface area contributed by atoms with E-state index in [-0.39, 0.29) is 5.91 Å². The fourth-order valence-electron chi connectivity index (χ4n) is 0.888. The highest BCUT2D eigenvalue weighted by Crippen LogP contribution is 1.92.